The number of benzene rings is 1. The number of nitrogens with one attached hydrogen (secondary N) is 1. The van der Waals surface area contributed by atoms with Gasteiger partial charge in [0.05, 0.1) is 10.2 Å². The molecule has 8 heteroatoms. The predicted octanol–water partition coefficient (Wildman–Crippen LogP) is 2.38. The van der Waals surface area contributed by atoms with Crippen LogP contribution in [0.1, 0.15) is 32.8 Å². The minimum atomic E-state index is -0.597. The Labute approximate surface area is 166 Å². The Morgan fingerprint density at radius 2 is 2.08 bits per heavy atom. The molecule has 0 saturated heterocycles. The number of nitrogens with two attached hydrogens (primary N) is 1. The number of primary amides is 1. The van der Waals surface area contributed by atoms with Crippen molar-refractivity contribution in [3.8, 4) is 17.6 Å². The summed E-state index contributed by atoms with van der Waals surface area (Å²) in [6.07, 6.45) is 2.25. The summed E-state index contributed by atoms with van der Waals surface area (Å²) in [5, 5.41) is 12.1. The second-order valence-electron chi connectivity index (χ2n) is 5.47. The smallest absolute Gasteiger partial charge is 0.262 e. The Hall–Kier alpha value is -2.28. The molecule has 3 N–H and O–H groups in total. The summed E-state index contributed by atoms with van der Waals surface area (Å²) in [5.74, 6) is -0.220. The van der Waals surface area contributed by atoms with Gasteiger partial charge in [-0.2, -0.15) is 5.26 Å². The van der Waals surface area contributed by atoms with E-state index in [0.29, 0.717) is 27.2 Å². The summed E-state index contributed by atoms with van der Waals surface area (Å²) < 4.78 is 11.6. The Morgan fingerprint density at radius 3 is 2.62 bits per heavy atom. The number of amides is 2. The summed E-state index contributed by atoms with van der Waals surface area (Å²) in [6.45, 7) is 5.74. The van der Waals surface area contributed by atoms with Crippen LogP contribution in [0, 0.1) is 14.9 Å². The van der Waals surface area contributed by atoms with Crippen LogP contribution in [0.4, 0.5) is 0 Å². The molecular formula is C18H22IN3O4. The number of nitrogens with zero attached hydrogens (tertiary/aromatic N) is 1. The molecule has 0 aliphatic heterocycles. The molecule has 0 aliphatic rings. The van der Waals surface area contributed by atoms with Crippen LogP contribution in [0.25, 0.3) is 6.08 Å². The molecule has 26 heavy (non-hydrogen) atoms. The van der Waals surface area contributed by atoms with Crippen molar-refractivity contribution in [1.29, 1.82) is 5.26 Å². The fraction of sp³-hybridized carbons (Fsp3) is 0.389. The van der Waals surface area contributed by atoms with Crippen molar-refractivity contribution in [1.82, 2.24) is 5.32 Å². The molecule has 0 saturated carbocycles. The minimum Gasteiger partial charge on any atom is -0.490 e. The first-order valence-electron chi connectivity index (χ1n) is 8.12. The van der Waals surface area contributed by atoms with Gasteiger partial charge in [0.25, 0.3) is 11.8 Å². The predicted molar refractivity (Wildman–Crippen MR) is 107 cm³/mol. The first-order chi connectivity index (χ1) is 12.3. The molecular weight excluding hydrogens is 449 g/mol. The lowest BCUT2D eigenvalue weighted by atomic mass is 10.1. The maximum absolute atomic E-state index is 12.2. The highest BCUT2D eigenvalue weighted by Gasteiger charge is 2.15. The van der Waals surface area contributed by atoms with Crippen molar-refractivity contribution in [2.45, 2.75) is 33.2 Å². The number of halogens is 1. The van der Waals surface area contributed by atoms with E-state index in [9.17, 15) is 14.9 Å². The van der Waals surface area contributed by atoms with Gasteiger partial charge in [0.15, 0.2) is 18.1 Å². The molecule has 2 amide bonds. The van der Waals surface area contributed by atoms with Gasteiger partial charge in [0.2, 0.25) is 0 Å². The molecule has 0 radical (unpaired) electrons. The lowest BCUT2D eigenvalue weighted by Crippen LogP contribution is -2.32. The largest absolute Gasteiger partial charge is 0.490 e. The quantitative estimate of drug-likeness (QED) is 0.326. The van der Waals surface area contributed by atoms with Crippen molar-refractivity contribution in [2.75, 3.05) is 13.2 Å². The van der Waals surface area contributed by atoms with E-state index in [0.717, 1.165) is 6.42 Å². The van der Waals surface area contributed by atoms with Gasteiger partial charge < -0.3 is 20.5 Å². The number of ether oxygens (including phenoxy) is 2. The molecule has 1 atom stereocenters. The Morgan fingerprint density at radius 1 is 1.38 bits per heavy atom. The van der Waals surface area contributed by atoms with Crippen LogP contribution in [-0.4, -0.2) is 31.1 Å². The number of nitriles is 1. The number of hydrogen-bond donors (Lipinski definition) is 2. The minimum absolute atomic E-state index is 0.00523. The van der Waals surface area contributed by atoms with Crippen LogP contribution in [0.2, 0.25) is 0 Å². The van der Waals surface area contributed by atoms with Crippen molar-refractivity contribution in [2.24, 2.45) is 5.73 Å². The van der Waals surface area contributed by atoms with Crippen molar-refractivity contribution >= 4 is 40.5 Å². The first kappa shape index (κ1) is 21.8. The van der Waals surface area contributed by atoms with E-state index in [1.807, 2.05) is 49.4 Å². The Bertz CT molecular complexity index is 741. The zero-order valence-corrected chi connectivity index (χ0v) is 17.1. The van der Waals surface area contributed by atoms with E-state index in [1.54, 1.807) is 12.1 Å². The molecule has 0 fully saturated rings. The fourth-order valence-corrected chi connectivity index (χ4v) is 2.72. The zero-order chi connectivity index (χ0) is 19.7. The summed E-state index contributed by atoms with van der Waals surface area (Å²) in [6, 6.07) is 5.27. The molecule has 0 spiro atoms. The van der Waals surface area contributed by atoms with Gasteiger partial charge in [-0.1, -0.05) is 6.92 Å². The summed E-state index contributed by atoms with van der Waals surface area (Å²) in [4.78, 5) is 23.1. The highest BCUT2D eigenvalue weighted by Crippen LogP contribution is 2.35. The van der Waals surface area contributed by atoms with E-state index < -0.39 is 11.8 Å². The van der Waals surface area contributed by atoms with Crippen molar-refractivity contribution in [3.63, 3.8) is 0 Å². The molecule has 1 aromatic rings. The van der Waals surface area contributed by atoms with Crippen LogP contribution in [0.3, 0.4) is 0 Å². The van der Waals surface area contributed by atoms with Gasteiger partial charge in [0, 0.05) is 6.04 Å². The molecule has 0 aromatic heterocycles. The van der Waals surface area contributed by atoms with Gasteiger partial charge in [0.1, 0.15) is 11.6 Å². The van der Waals surface area contributed by atoms with Crippen molar-refractivity contribution in [3.05, 3.63) is 26.8 Å². The van der Waals surface area contributed by atoms with Crippen LogP contribution in [-0.2, 0) is 9.59 Å². The van der Waals surface area contributed by atoms with E-state index in [4.69, 9.17) is 15.2 Å². The third-order valence-corrected chi connectivity index (χ3v) is 4.16. The maximum atomic E-state index is 12.2. The average Bonchev–Trinajstić information content (AvgIpc) is 2.58. The van der Waals surface area contributed by atoms with Crippen molar-refractivity contribution < 1.29 is 19.1 Å². The number of carbonyl (C=O) groups excluding carboxylic acids is 2. The molecule has 1 rings (SSSR count). The molecule has 7 nitrogen and oxygen atoms in total. The standard InChI is InChI=1S/C18H22IN3O4/c1-4-11(3)22-18(24)13(9-20)6-12-7-14(19)17(26-10-16(21)23)15(8-12)25-5-2/h6-8,11H,4-5,10H2,1-3H3,(H2,21,23)(H,22,24)/b13-6+/t11-/m1/s1. The van der Waals surface area contributed by atoms with Crippen LogP contribution >= 0.6 is 22.6 Å². The van der Waals surface area contributed by atoms with Crippen LogP contribution in [0.15, 0.2) is 17.7 Å². The third-order valence-electron chi connectivity index (χ3n) is 3.36. The fourth-order valence-electron chi connectivity index (χ4n) is 1.94. The lowest BCUT2D eigenvalue weighted by molar-refractivity contribution is -0.120. The topological polar surface area (TPSA) is 114 Å². The van der Waals surface area contributed by atoms with E-state index in [2.05, 4.69) is 5.32 Å². The summed E-state index contributed by atoms with van der Waals surface area (Å²) in [7, 11) is 0. The lowest BCUT2D eigenvalue weighted by Gasteiger charge is -2.14. The SMILES string of the molecule is CCOc1cc(/C=C(\C#N)C(=O)N[C@H](C)CC)cc(I)c1OCC(N)=O. The molecule has 1 aromatic carbocycles. The zero-order valence-electron chi connectivity index (χ0n) is 15.0. The van der Waals surface area contributed by atoms with E-state index >= 15 is 0 Å². The van der Waals surface area contributed by atoms with Gasteiger partial charge in [-0.05, 0) is 66.6 Å². The highest BCUT2D eigenvalue weighted by atomic mass is 127. The van der Waals surface area contributed by atoms with Gasteiger partial charge in [-0.3, -0.25) is 9.59 Å². The van der Waals surface area contributed by atoms with E-state index in [1.165, 1.54) is 6.08 Å². The van der Waals surface area contributed by atoms with Gasteiger partial charge >= 0.3 is 0 Å². The molecule has 140 valence electrons. The third kappa shape index (κ3) is 6.55. The average molecular weight is 471 g/mol. The normalized spacial score (nSPS) is 12.0. The highest BCUT2D eigenvalue weighted by molar-refractivity contribution is 14.1. The summed E-state index contributed by atoms with van der Waals surface area (Å²) in [5.41, 5.74) is 5.72. The Kier molecular flexibility index (Phi) is 8.92. The number of carbonyl (C=O) groups is 2. The molecule has 0 heterocycles. The second-order valence-corrected chi connectivity index (χ2v) is 6.63. The van der Waals surface area contributed by atoms with E-state index in [-0.39, 0.29) is 18.2 Å². The second kappa shape index (κ2) is 10.7. The molecule has 0 bridgehead atoms. The maximum Gasteiger partial charge on any atom is 0.262 e. The van der Waals surface area contributed by atoms with Gasteiger partial charge in [-0.25, -0.2) is 0 Å². The Balaban J connectivity index is 3.21. The molecule has 0 aliphatic carbocycles. The van der Waals surface area contributed by atoms with Crippen LogP contribution in [0.5, 0.6) is 11.5 Å². The number of hydrogen-bond acceptors (Lipinski definition) is 5. The molecule has 0 unspecified atom stereocenters. The van der Waals surface area contributed by atoms with Crippen LogP contribution < -0.4 is 20.5 Å². The first-order valence-corrected chi connectivity index (χ1v) is 9.20. The monoisotopic (exact) mass is 471 g/mol. The van der Waals surface area contributed by atoms with Gasteiger partial charge in [-0.15, -0.1) is 0 Å². The summed E-state index contributed by atoms with van der Waals surface area (Å²) >= 11 is 2.03. The number of rotatable bonds is 9.